The van der Waals surface area contributed by atoms with Gasteiger partial charge in [-0.2, -0.15) is 5.10 Å². The van der Waals surface area contributed by atoms with Gasteiger partial charge in [0.05, 0.1) is 15.7 Å². The monoisotopic (exact) mass is 382 g/mol. The summed E-state index contributed by atoms with van der Waals surface area (Å²) in [7, 11) is 1.45. The summed E-state index contributed by atoms with van der Waals surface area (Å²) in [5, 5.41) is 7.10. The number of carbonyl (C=O) groups is 2. The lowest BCUT2D eigenvalue weighted by atomic mass is 10.3. The lowest BCUT2D eigenvalue weighted by Crippen LogP contribution is -2.39. The Bertz CT molecular complexity index is 846. The standard InChI is InChI=1S/C16H16Cl2N4O3/c1-3-22(16(25)12-7-8-14(24)21(2)20-12)9-13(23)19-15-10(17)5-4-6-11(15)18/h4-8H,3,9H2,1-2H3,(H,19,23). The first-order valence-corrected chi connectivity index (χ1v) is 8.16. The number of nitrogens with zero attached hydrogens (tertiary/aromatic N) is 3. The van der Waals surface area contributed by atoms with Gasteiger partial charge in [0.15, 0.2) is 0 Å². The predicted octanol–water partition coefficient (Wildman–Crippen LogP) is 2.19. The van der Waals surface area contributed by atoms with Gasteiger partial charge in [0.25, 0.3) is 11.5 Å². The van der Waals surface area contributed by atoms with Crippen LogP contribution in [-0.2, 0) is 11.8 Å². The molecule has 1 N–H and O–H groups in total. The van der Waals surface area contributed by atoms with Gasteiger partial charge in [-0.05, 0) is 25.1 Å². The highest BCUT2D eigenvalue weighted by molar-refractivity contribution is 6.39. The molecule has 1 aromatic carbocycles. The predicted molar refractivity (Wildman–Crippen MR) is 96.1 cm³/mol. The van der Waals surface area contributed by atoms with Crippen molar-refractivity contribution < 1.29 is 9.59 Å². The number of benzene rings is 1. The third kappa shape index (κ3) is 4.58. The zero-order chi connectivity index (χ0) is 18.6. The van der Waals surface area contributed by atoms with E-state index in [2.05, 4.69) is 10.4 Å². The van der Waals surface area contributed by atoms with Crippen LogP contribution in [0, 0.1) is 0 Å². The average Bonchev–Trinajstić information content (AvgIpc) is 2.58. The molecule has 25 heavy (non-hydrogen) atoms. The van der Waals surface area contributed by atoms with Crippen LogP contribution in [0.2, 0.25) is 10.0 Å². The van der Waals surface area contributed by atoms with Crippen molar-refractivity contribution in [3.63, 3.8) is 0 Å². The maximum Gasteiger partial charge on any atom is 0.274 e. The van der Waals surface area contributed by atoms with Crippen LogP contribution in [0.15, 0.2) is 35.1 Å². The van der Waals surface area contributed by atoms with Crippen LogP contribution in [0.25, 0.3) is 0 Å². The van der Waals surface area contributed by atoms with Crippen molar-refractivity contribution in [3.05, 3.63) is 56.4 Å². The number of aryl methyl sites for hydroxylation is 1. The van der Waals surface area contributed by atoms with Gasteiger partial charge < -0.3 is 10.2 Å². The van der Waals surface area contributed by atoms with Gasteiger partial charge in [-0.25, -0.2) is 4.68 Å². The highest BCUT2D eigenvalue weighted by Gasteiger charge is 2.20. The molecule has 0 radical (unpaired) electrons. The van der Waals surface area contributed by atoms with Gasteiger partial charge >= 0.3 is 0 Å². The highest BCUT2D eigenvalue weighted by Crippen LogP contribution is 2.29. The quantitative estimate of drug-likeness (QED) is 0.858. The van der Waals surface area contributed by atoms with Crippen LogP contribution in [0.4, 0.5) is 5.69 Å². The average molecular weight is 383 g/mol. The van der Waals surface area contributed by atoms with Crippen molar-refractivity contribution in [1.82, 2.24) is 14.7 Å². The van der Waals surface area contributed by atoms with Gasteiger partial charge in [-0.1, -0.05) is 29.3 Å². The molecule has 0 atom stereocenters. The van der Waals surface area contributed by atoms with Gasteiger partial charge in [-0.3, -0.25) is 14.4 Å². The first kappa shape index (κ1) is 19.0. The molecule has 7 nitrogen and oxygen atoms in total. The summed E-state index contributed by atoms with van der Waals surface area (Å²) in [5.74, 6) is -0.909. The Hall–Kier alpha value is -2.38. The number of halogens is 2. The highest BCUT2D eigenvalue weighted by atomic mass is 35.5. The molecular weight excluding hydrogens is 367 g/mol. The maximum atomic E-state index is 12.5. The molecule has 0 aliphatic heterocycles. The van der Waals surface area contributed by atoms with Crippen LogP contribution >= 0.6 is 23.2 Å². The topological polar surface area (TPSA) is 84.3 Å². The maximum absolute atomic E-state index is 12.5. The van der Waals surface area contributed by atoms with E-state index < -0.39 is 11.8 Å². The number of rotatable bonds is 5. The number of likely N-dealkylation sites (N-methyl/N-ethyl adjacent to an activating group) is 1. The lowest BCUT2D eigenvalue weighted by Gasteiger charge is -2.20. The summed E-state index contributed by atoms with van der Waals surface area (Å²) < 4.78 is 1.06. The zero-order valence-corrected chi connectivity index (χ0v) is 15.1. The second-order valence-electron chi connectivity index (χ2n) is 5.14. The molecule has 0 spiro atoms. The number of hydrogen-bond acceptors (Lipinski definition) is 4. The van der Waals surface area contributed by atoms with E-state index in [1.807, 2.05) is 0 Å². The minimum atomic E-state index is -0.460. The number of anilines is 1. The molecule has 0 saturated carbocycles. The van der Waals surface area contributed by atoms with Crippen LogP contribution in [0.3, 0.4) is 0 Å². The Morgan fingerprint density at radius 2 is 1.84 bits per heavy atom. The number of aromatic nitrogens is 2. The summed E-state index contributed by atoms with van der Waals surface area (Å²) >= 11 is 12.0. The number of carbonyl (C=O) groups excluding carboxylic acids is 2. The zero-order valence-electron chi connectivity index (χ0n) is 13.6. The summed E-state index contributed by atoms with van der Waals surface area (Å²) in [5.41, 5.74) is 0.0396. The van der Waals surface area contributed by atoms with E-state index in [1.165, 1.54) is 24.1 Å². The largest absolute Gasteiger partial charge is 0.328 e. The van der Waals surface area contributed by atoms with Crippen molar-refractivity contribution in [1.29, 1.82) is 0 Å². The third-order valence-corrected chi connectivity index (χ3v) is 4.04. The molecular formula is C16H16Cl2N4O3. The van der Waals surface area contributed by atoms with Crippen molar-refractivity contribution >= 4 is 40.7 Å². The molecule has 0 aliphatic rings. The van der Waals surface area contributed by atoms with Gasteiger partial charge in [0.1, 0.15) is 12.2 Å². The fourth-order valence-electron chi connectivity index (χ4n) is 2.08. The number of nitrogens with one attached hydrogen (secondary N) is 1. The summed E-state index contributed by atoms with van der Waals surface area (Å²) in [6, 6.07) is 7.43. The Kier molecular flexibility index (Phi) is 6.17. The smallest absolute Gasteiger partial charge is 0.274 e. The normalized spacial score (nSPS) is 10.4. The van der Waals surface area contributed by atoms with E-state index in [4.69, 9.17) is 23.2 Å². The molecule has 2 amide bonds. The van der Waals surface area contributed by atoms with E-state index in [1.54, 1.807) is 25.1 Å². The van der Waals surface area contributed by atoms with Crippen LogP contribution < -0.4 is 10.9 Å². The van der Waals surface area contributed by atoms with E-state index in [0.717, 1.165) is 4.68 Å². The first-order chi connectivity index (χ1) is 11.8. The summed E-state index contributed by atoms with van der Waals surface area (Å²) in [4.78, 5) is 37.4. The minimum absolute atomic E-state index is 0.0764. The Morgan fingerprint density at radius 3 is 2.40 bits per heavy atom. The van der Waals surface area contributed by atoms with E-state index in [9.17, 15) is 14.4 Å². The van der Waals surface area contributed by atoms with Crippen molar-refractivity contribution in [2.45, 2.75) is 6.92 Å². The van der Waals surface area contributed by atoms with Crippen molar-refractivity contribution in [3.8, 4) is 0 Å². The van der Waals surface area contributed by atoms with E-state index >= 15 is 0 Å². The Balaban J connectivity index is 2.13. The second kappa shape index (κ2) is 8.13. The SMILES string of the molecule is CCN(CC(=O)Nc1c(Cl)cccc1Cl)C(=O)c1ccc(=O)n(C)n1. The molecule has 1 aromatic heterocycles. The molecule has 2 aromatic rings. The molecule has 0 unspecified atom stereocenters. The summed E-state index contributed by atoms with van der Waals surface area (Å²) in [6.45, 7) is 1.81. The van der Waals surface area contributed by atoms with E-state index in [-0.39, 0.29) is 24.3 Å². The van der Waals surface area contributed by atoms with Gasteiger partial charge in [0.2, 0.25) is 5.91 Å². The Morgan fingerprint density at radius 1 is 1.20 bits per heavy atom. The fraction of sp³-hybridized carbons (Fsp3) is 0.250. The molecule has 0 aliphatic carbocycles. The molecule has 0 fully saturated rings. The second-order valence-corrected chi connectivity index (χ2v) is 5.96. The third-order valence-electron chi connectivity index (χ3n) is 3.41. The van der Waals surface area contributed by atoms with E-state index in [0.29, 0.717) is 15.7 Å². The molecule has 132 valence electrons. The van der Waals surface area contributed by atoms with Gasteiger partial charge in [-0.15, -0.1) is 0 Å². The lowest BCUT2D eigenvalue weighted by molar-refractivity contribution is -0.116. The van der Waals surface area contributed by atoms with Crippen LogP contribution in [0.1, 0.15) is 17.4 Å². The van der Waals surface area contributed by atoms with Crippen LogP contribution in [0.5, 0.6) is 0 Å². The van der Waals surface area contributed by atoms with Crippen molar-refractivity contribution in [2.24, 2.45) is 7.05 Å². The minimum Gasteiger partial charge on any atom is -0.328 e. The number of hydrogen-bond donors (Lipinski definition) is 1. The molecule has 2 rings (SSSR count). The molecule has 1 heterocycles. The number of amides is 2. The first-order valence-electron chi connectivity index (χ1n) is 7.41. The summed E-state index contributed by atoms with van der Waals surface area (Å²) in [6.07, 6.45) is 0. The van der Waals surface area contributed by atoms with Crippen molar-refractivity contribution in [2.75, 3.05) is 18.4 Å². The number of para-hydroxylation sites is 1. The molecule has 9 heteroatoms. The van der Waals surface area contributed by atoms with Gasteiger partial charge in [0, 0.05) is 19.7 Å². The van der Waals surface area contributed by atoms with Crippen LogP contribution in [-0.4, -0.2) is 39.6 Å². The molecule has 0 saturated heterocycles. The molecule has 0 bridgehead atoms. The fourth-order valence-corrected chi connectivity index (χ4v) is 2.57. The Labute approximate surface area is 154 Å².